The van der Waals surface area contributed by atoms with Crippen LogP contribution in [0.3, 0.4) is 0 Å². The van der Waals surface area contributed by atoms with Crippen LogP contribution in [0, 0.1) is 0 Å². The van der Waals surface area contributed by atoms with Gasteiger partial charge in [0.05, 0.1) is 0 Å². The maximum atomic E-state index is 10.7. The summed E-state index contributed by atoms with van der Waals surface area (Å²) in [5.74, 6) is 0.101. The van der Waals surface area contributed by atoms with Gasteiger partial charge in [-0.25, -0.2) is 4.79 Å². The zero-order chi connectivity index (χ0) is 15.0. The van der Waals surface area contributed by atoms with Crippen LogP contribution >= 0.6 is 15.9 Å². The summed E-state index contributed by atoms with van der Waals surface area (Å²) < 4.78 is 0. The van der Waals surface area contributed by atoms with Crippen LogP contribution < -0.4 is 5.32 Å². The Kier molecular flexibility index (Phi) is 6.87. The molecule has 0 heterocycles. The van der Waals surface area contributed by atoms with Gasteiger partial charge in [0.15, 0.2) is 0 Å². The summed E-state index contributed by atoms with van der Waals surface area (Å²) >= 11 is 3.33. The van der Waals surface area contributed by atoms with Gasteiger partial charge >= 0.3 is 6.09 Å². The third-order valence-electron chi connectivity index (χ3n) is 2.89. The third-order valence-corrected chi connectivity index (χ3v) is 3.26. The molecule has 1 rings (SSSR count). The molecule has 0 saturated carbocycles. The van der Waals surface area contributed by atoms with E-state index in [1.165, 1.54) is 0 Å². The molecule has 0 aliphatic carbocycles. The Balaban J connectivity index is 3.03. The van der Waals surface area contributed by atoms with Crippen molar-refractivity contribution < 1.29 is 15.0 Å². The predicted octanol–water partition coefficient (Wildman–Crippen LogP) is 3.64. The molecule has 1 atom stereocenters. The number of benzene rings is 1. The molecule has 1 aromatic carbocycles. The Labute approximate surface area is 127 Å². The van der Waals surface area contributed by atoms with E-state index in [0.717, 1.165) is 16.5 Å². The number of carbonyl (C=O) groups is 1. The highest BCUT2D eigenvalue weighted by Gasteiger charge is 2.15. The van der Waals surface area contributed by atoms with Crippen molar-refractivity contribution in [3.63, 3.8) is 0 Å². The summed E-state index contributed by atoms with van der Waals surface area (Å²) in [5, 5.41) is 21.3. The van der Waals surface area contributed by atoms with Crippen LogP contribution in [0.15, 0.2) is 48.1 Å². The Hall–Kier alpha value is -1.75. The van der Waals surface area contributed by atoms with Crippen LogP contribution in [0.1, 0.15) is 18.4 Å². The van der Waals surface area contributed by atoms with E-state index in [9.17, 15) is 9.90 Å². The van der Waals surface area contributed by atoms with Gasteiger partial charge < -0.3 is 15.5 Å². The highest BCUT2D eigenvalue weighted by Crippen LogP contribution is 2.26. The molecule has 0 aliphatic heterocycles. The first-order valence-electron chi connectivity index (χ1n) is 6.23. The fourth-order valence-electron chi connectivity index (χ4n) is 1.92. The molecule has 0 radical (unpaired) electrons. The molecule has 20 heavy (non-hydrogen) atoms. The third kappa shape index (κ3) is 5.09. The molecular formula is C15H18BrNO3. The van der Waals surface area contributed by atoms with Crippen LogP contribution in [0.2, 0.25) is 0 Å². The molecule has 108 valence electrons. The van der Waals surface area contributed by atoms with E-state index in [-0.39, 0.29) is 18.2 Å². The number of rotatable bonds is 6. The van der Waals surface area contributed by atoms with E-state index in [4.69, 9.17) is 5.11 Å². The summed E-state index contributed by atoms with van der Waals surface area (Å²) in [4.78, 5) is 10.7. The molecular weight excluding hydrogens is 322 g/mol. The highest BCUT2D eigenvalue weighted by molar-refractivity contribution is 9.09. The molecule has 1 aromatic rings. The van der Waals surface area contributed by atoms with Gasteiger partial charge in [0, 0.05) is 17.8 Å². The van der Waals surface area contributed by atoms with Crippen molar-refractivity contribution in [3.05, 3.63) is 53.6 Å². The summed E-state index contributed by atoms with van der Waals surface area (Å²) in [5.41, 5.74) is 1.97. The van der Waals surface area contributed by atoms with Crippen molar-refractivity contribution in [2.75, 3.05) is 11.9 Å². The molecule has 0 bridgehead atoms. The molecule has 0 spiro atoms. The molecule has 0 aliphatic rings. The predicted molar refractivity (Wildman–Crippen MR) is 83.6 cm³/mol. The number of nitrogens with one attached hydrogen (secondary N) is 1. The topological polar surface area (TPSA) is 69.6 Å². The lowest BCUT2D eigenvalue weighted by atomic mass is 9.90. The van der Waals surface area contributed by atoms with Gasteiger partial charge in [-0.3, -0.25) is 0 Å². The van der Waals surface area contributed by atoms with Crippen LogP contribution in [-0.2, 0) is 0 Å². The average molecular weight is 340 g/mol. The van der Waals surface area contributed by atoms with Gasteiger partial charge in [-0.15, -0.1) is 0 Å². The van der Waals surface area contributed by atoms with Crippen molar-refractivity contribution >= 4 is 22.0 Å². The Morgan fingerprint density at radius 1 is 1.40 bits per heavy atom. The maximum absolute atomic E-state index is 10.7. The van der Waals surface area contributed by atoms with E-state index >= 15 is 0 Å². The van der Waals surface area contributed by atoms with Crippen molar-refractivity contribution in [2.24, 2.45) is 0 Å². The van der Waals surface area contributed by atoms with Gasteiger partial charge in [0.25, 0.3) is 0 Å². The smallest absolute Gasteiger partial charge is 0.404 e. The zero-order valence-electron chi connectivity index (χ0n) is 11.2. The number of hydrogen-bond donors (Lipinski definition) is 3. The van der Waals surface area contributed by atoms with Crippen molar-refractivity contribution in [2.45, 2.75) is 12.8 Å². The normalized spacial score (nSPS) is 13.4. The molecule has 4 nitrogen and oxygen atoms in total. The standard InChI is InChI=1S/C15H18BrNO3/c1-2-11(4-3-9-16)14(10-17-15(19)20)12-5-7-13(18)8-6-12/h2-8,14,17-18H,9-10H2,1H3,(H,19,20). The van der Waals surface area contributed by atoms with Gasteiger partial charge in [-0.1, -0.05) is 46.3 Å². The number of phenols is 1. The molecule has 1 amide bonds. The molecule has 0 fully saturated rings. The monoisotopic (exact) mass is 339 g/mol. The first kappa shape index (κ1) is 16.3. The number of aromatic hydroxyl groups is 1. The number of allylic oxidation sites excluding steroid dienone is 3. The Morgan fingerprint density at radius 3 is 2.55 bits per heavy atom. The average Bonchev–Trinajstić information content (AvgIpc) is 2.43. The van der Waals surface area contributed by atoms with Gasteiger partial charge in [-0.2, -0.15) is 0 Å². The summed E-state index contributed by atoms with van der Waals surface area (Å²) in [6, 6.07) is 6.80. The number of phenolic OH excluding ortho intramolecular Hbond substituents is 1. The van der Waals surface area contributed by atoms with E-state index in [2.05, 4.69) is 21.2 Å². The van der Waals surface area contributed by atoms with Crippen molar-refractivity contribution in [3.8, 4) is 5.75 Å². The number of carboxylic acid groups (broad SMARTS) is 1. The second-order valence-corrected chi connectivity index (χ2v) is 4.82. The largest absolute Gasteiger partial charge is 0.508 e. The minimum Gasteiger partial charge on any atom is -0.508 e. The number of hydrogen-bond acceptors (Lipinski definition) is 2. The molecule has 1 unspecified atom stereocenters. The summed E-state index contributed by atoms with van der Waals surface area (Å²) in [6.07, 6.45) is 4.84. The van der Waals surface area contributed by atoms with Crippen molar-refractivity contribution in [1.82, 2.24) is 5.32 Å². The van der Waals surface area contributed by atoms with Crippen LogP contribution in [0.5, 0.6) is 5.75 Å². The Morgan fingerprint density at radius 2 is 2.05 bits per heavy atom. The maximum Gasteiger partial charge on any atom is 0.404 e. The molecule has 3 N–H and O–H groups in total. The number of amides is 1. The van der Waals surface area contributed by atoms with E-state index in [0.29, 0.717) is 0 Å². The minimum absolute atomic E-state index is 0.0907. The second kappa shape index (κ2) is 8.43. The molecule has 5 heteroatoms. The van der Waals surface area contributed by atoms with Gasteiger partial charge in [-0.05, 0) is 30.2 Å². The van der Waals surface area contributed by atoms with Crippen LogP contribution in [0.4, 0.5) is 4.79 Å². The van der Waals surface area contributed by atoms with Crippen molar-refractivity contribution in [1.29, 1.82) is 0 Å². The summed E-state index contributed by atoms with van der Waals surface area (Å²) in [6.45, 7) is 2.20. The van der Waals surface area contributed by atoms with Crippen LogP contribution in [0.25, 0.3) is 0 Å². The SMILES string of the molecule is CC=C(C=CCBr)C(CNC(=O)O)c1ccc(O)cc1. The lowest BCUT2D eigenvalue weighted by molar-refractivity contribution is 0.194. The lowest BCUT2D eigenvalue weighted by Gasteiger charge is -2.19. The second-order valence-electron chi connectivity index (χ2n) is 4.18. The zero-order valence-corrected chi connectivity index (χ0v) is 12.8. The number of alkyl halides is 1. The fraction of sp³-hybridized carbons (Fsp3) is 0.267. The molecule has 0 aromatic heterocycles. The van der Waals surface area contributed by atoms with E-state index < -0.39 is 6.09 Å². The lowest BCUT2D eigenvalue weighted by Crippen LogP contribution is -2.27. The first-order chi connectivity index (χ1) is 9.58. The molecule has 0 saturated heterocycles. The van der Waals surface area contributed by atoms with Gasteiger partial charge in [0.1, 0.15) is 5.75 Å². The van der Waals surface area contributed by atoms with Gasteiger partial charge in [0.2, 0.25) is 0 Å². The summed E-state index contributed by atoms with van der Waals surface area (Å²) in [7, 11) is 0. The van der Waals surface area contributed by atoms with E-state index in [1.807, 2.05) is 25.2 Å². The fourth-order valence-corrected chi connectivity index (χ4v) is 2.11. The van der Waals surface area contributed by atoms with Crippen LogP contribution in [-0.4, -0.2) is 28.2 Å². The Bertz CT molecular complexity index is 494. The van der Waals surface area contributed by atoms with E-state index in [1.54, 1.807) is 24.3 Å². The first-order valence-corrected chi connectivity index (χ1v) is 7.35. The minimum atomic E-state index is -1.05. The number of halogens is 1. The highest BCUT2D eigenvalue weighted by atomic mass is 79.9. The quantitative estimate of drug-likeness (QED) is 0.547.